The molecular formula is C15H21NO. The molecule has 0 saturated heterocycles. The molecule has 2 rings (SSSR count). The first kappa shape index (κ1) is 13.5. The highest BCUT2D eigenvalue weighted by Gasteiger charge is 2.26. The second kappa shape index (κ2) is 6.89. The fourth-order valence-corrected chi connectivity index (χ4v) is 1.24. The van der Waals surface area contributed by atoms with Crippen LogP contribution in [-0.2, 0) is 4.79 Å². The van der Waals surface area contributed by atoms with Gasteiger partial charge in [0.2, 0.25) is 5.91 Å². The Balaban J connectivity index is 0.000000202. The van der Waals surface area contributed by atoms with E-state index in [1.165, 1.54) is 5.56 Å². The first-order valence-electron chi connectivity index (χ1n) is 6.12. The van der Waals surface area contributed by atoms with E-state index in [2.05, 4.69) is 50.3 Å². The van der Waals surface area contributed by atoms with E-state index in [9.17, 15) is 4.79 Å². The zero-order chi connectivity index (χ0) is 12.7. The Labute approximate surface area is 104 Å². The Morgan fingerprint density at radius 1 is 1.29 bits per heavy atom. The number of nitrogens with two attached hydrogens (primary N) is 1. The molecule has 1 aliphatic carbocycles. The molecule has 92 valence electrons. The average molecular weight is 231 g/mol. The van der Waals surface area contributed by atoms with Crippen molar-refractivity contribution >= 4 is 12.0 Å². The molecule has 0 aliphatic heterocycles. The van der Waals surface area contributed by atoms with Gasteiger partial charge in [-0.1, -0.05) is 56.3 Å². The summed E-state index contributed by atoms with van der Waals surface area (Å²) in [5.74, 6) is 0.746. The Bertz CT molecular complexity index is 364. The molecular weight excluding hydrogens is 210 g/mol. The molecule has 0 unspecified atom stereocenters. The van der Waals surface area contributed by atoms with Crippen LogP contribution in [0.15, 0.2) is 36.4 Å². The Hall–Kier alpha value is -1.57. The van der Waals surface area contributed by atoms with Crippen LogP contribution in [0.2, 0.25) is 0 Å². The number of primary amides is 1. The van der Waals surface area contributed by atoms with Gasteiger partial charge in [0.05, 0.1) is 0 Å². The highest BCUT2D eigenvalue weighted by atomic mass is 16.1. The first-order valence-corrected chi connectivity index (χ1v) is 6.12. The van der Waals surface area contributed by atoms with E-state index in [4.69, 9.17) is 5.73 Å². The number of amides is 1. The molecule has 17 heavy (non-hydrogen) atoms. The van der Waals surface area contributed by atoms with Gasteiger partial charge in [0, 0.05) is 5.92 Å². The summed E-state index contributed by atoms with van der Waals surface area (Å²) >= 11 is 0. The Morgan fingerprint density at radius 3 is 2.24 bits per heavy atom. The van der Waals surface area contributed by atoms with Gasteiger partial charge in [0.1, 0.15) is 0 Å². The number of hydrogen-bond donors (Lipinski definition) is 1. The highest BCUT2D eigenvalue weighted by molar-refractivity contribution is 5.78. The van der Waals surface area contributed by atoms with Crippen molar-refractivity contribution < 1.29 is 4.79 Å². The van der Waals surface area contributed by atoms with Crippen molar-refractivity contribution in [2.45, 2.75) is 26.7 Å². The van der Waals surface area contributed by atoms with Crippen LogP contribution in [0.4, 0.5) is 0 Å². The summed E-state index contributed by atoms with van der Waals surface area (Å²) < 4.78 is 0. The third-order valence-corrected chi connectivity index (χ3v) is 2.45. The Kier molecular flexibility index (Phi) is 5.47. The number of rotatable bonds is 3. The van der Waals surface area contributed by atoms with Crippen molar-refractivity contribution in [2.75, 3.05) is 0 Å². The number of benzene rings is 1. The van der Waals surface area contributed by atoms with Crippen LogP contribution in [0.25, 0.3) is 6.08 Å². The van der Waals surface area contributed by atoms with Crippen LogP contribution in [0.3, 0.4) is 0 Å². The Morgan fingerprint density at radius 2 is 1.88 bits per heavy atom. The molecule has 0 atom stereocenters. The number of allylic oxidation sites excluding steroid dienone is 1. The fourth-order valence-electron chi connectivity index (χ4n) is 1.24. The van der Waals surface area contributed by atoms with Gasteiger partial charge in [0.25, 0.3) is 0 Å². The highest BCUT2D eigenvalue weighted by Crippen LogP contribution is 2.27. The fraction of sp³-hybridized carbons (Fsp3) is 0.400. The molecule has 2 nitrogen and oxygen atoms in total. The number of carbonyl (C=O) groups is 1. The monoisotopic (exact) mass is 231 g/mol. The zero-order valence-corrected chi connectivity index (χ0v) is 10.6. The summed E-state index contributed by atoms with van der Waals surface area (Å²) in [5, 5.41) is 0. The van der Waals surface area contributed by atoms with Crippen LogP contribution < -0.4 is 5.73 Å². The standard InChI is InChI=1S/C11H14.C4H7NO/c1-10(2)8-9-11-6-4-3-5-7-11;5-4(6)3-1-2-3/h3-10H,1-2H3;3H,1-2H2,(H2,5,6)/b9-8-;. The predicted octanol–water partition coefficient (Wildman–Crippen LogP) is 3.24. The molecule has 0 bridgehead atoms. The third kappa shape index (κ3) is 6.56. The first-order chi connectivity index (χ1) is 8.09. The molecule has 1 saturated carbocycles. The summed E-state index contributed by atoms with van der Waals surface area (Å²) in [6.45, 7) is 4.36. The summed E-state index contributed by atoms with van der Waals surface area (Å²) in [5.41, 5.74) is 6.14. The summed E-state index contributed by atoms with van der Waals surface area (Å²) in [4.78, 5) is 9.98. The zero-order valence-electron chi connectivity index (χ0n) is 10.6. The van der Waals surface area contributed by atoms with Gasteiger partial charge in [-0.3, -0.25) is 4.79 Å². The minimum absolute atomic E-state index is 0.130. The van der Waals surface area contributed by atoms with Crippen LogP contribution in [0.1, 0.15) is 32.3 Å². The maximum absolute atomic E-state index is 9.98. The lowest BCUT2D eigenvalue weighted by molar-refractivity contribution is -0.119. The van der Waals surface area contributed by atoms with Gasteiger partial charge in [-0.2, -0.15) is 0 Å². The smallest absolute Gasteiger partial charge is 0.220 e. The second-order valence-electron chi connectivity index (χ2n) is 4.69. The van der Waals surface area contributed by atoms with E-state index >= 15 is 0 Å². The van der Waals surface area contributed by atoms with Crippen LogP contribution in [-0.4, -0.2) is 5.91 Å². The minimum atomic E-state index is -0.130. The van der Waals surface area contributed by atoms with Crippen molar-refractivity contribution in [1.82, 2.24) is 0 Å². The van der Waals surface area contributed by atoms with Crippen molar-refractivity contribution in [2.24, 2.45) is 17.6 Å². The molecule has 0 radical (unpaired) electrons. The molecule has 1 aliphatic rings. The summed E-state index contributed by atoms with van der Waals surface area (Å²) in [6, 6.07) is 10.4. The van der Waals surface area contributed by atoms with Gasteiger partial charge in [0.15, 0.2) is 0 Å². The average Bonchev–Trinajstić information content (AvgIpc) is 3.12. The third-order valence-electron chi connectivity index (χ3n) is 2.45. The molecule has 2 heteroatoms. The molecule has 1 amide bonds. The van der Waals surface area contributed by atoms with Crippen molar-refractivity contribution in [3.63, 3.8) is 0 Å². The topological polar surface area (TPSA) is 43.1 Å². The molecule has 1 aromatic carbocycles. The summed E-state index contributed by atoms with van der Waals surface area (Å²) in [6.07, 6.45) is 6.41. The van der Waals surface area contributed by atoms with E-state index in [1.807, 2.05) is 6.07 Å². The quantitative estimate of drug-likeness (QED) is 0.852. The summed E-state index contributed by atoms with van der Waals surface area (Å²) in [7, 11) is 0. The molecule has 1 aromatic rings. The van der Waals surface area contributed by atoms with Gasteiger partial charge in [-0.05, 0) is 24.3 Å². The second-order valence-corrected chi connectivity index (χ2v) is 4.69. The van der Waals surface area contributed by atoms with E-state index < -0.39 is 0 Å². The van der Waals surface area contributed by atoms with Gasteiger partial charge >= 0.3 is 0 Å². The normalized spacial score (nSPS) is 14.5. The lowest BCUT2D eigenvalue weighted by Crippen LogP contribution is -2.11. The van der Waals surface area contributed by atoms with E-state index in [-0.39, 0.29) is 11.8 Å². The van der Waals surface area contributed by atoms with E-state index in [0.717, 1.165) is 12.8 Å². The van der Waals surface area contributed by atoms with Gasteiger partial charge < -0.3 is 5.73 Å². The molecule has 1 fully saturated rings. The lowest BCUT2D eigenvalue weighted by atomic mass is 10.1. The molecule has 0 aromatic heterocycles. The van der Waals surface area contributed by atoms with Crippen molar-refractivity contribution in [1.29, 1.82) is 0 Å². The maximum Gasteiger partial charge on any atom is 0.220 e. The van der Waals surface area contributed by atoms with E-state index in [1.54, 1.807) is 0 Å². The minimum Gasteiger partial charge on any atom is -0.369 e. The number of hydrogen-bond acceptors (Lipinski definition) is 1. The SMILES string of the molecule is CC(C)/C=C\c1ccccc1.NC(=O)C1CC1. The van der Waals surface area contributed by atoms with Crippen LogP contribution in [0, 0.1) is 11.8 Å². The predicted molar refractivity (Wildman–Crippen MR) is 72.2 cm³/mol. The van der Waals surface area contributed by atoms with E-state index in [0.29, 0.717) is 5.92 Å². The molecule has 2 N–H and O–H groups in total. The van der Waals surface area contributed by atoms with Crippen molar-refractivity contribution in [3.05, 3.63) is 42.0 Å². The van der Waals surface area contributed by atoms with Crippen LogP contribution >= 0.6 is 0 Å². The number of carbonyl (C=O) groups excluding carboxylic acids is 1. The largest absolute Gasteiger partial charge is 0.369 e. The van der Waals surface area contributed by atoms with Crippen molar-refractivity contribution in [3.8, 4) is 0 Å². The van der Waals surface area contributed by atoms with Crippen LogP contribution in [0.5, 0.6) is 0 Å². The van der Waals surface area contributed by atoms with Gasteiger partial charge in [-0.15, -0.1) is 0 Å². The lowest BCUT2D eigenvalue weighted by Gasteiger charge is -1.93. The van der Waals surface area contributed by atoms with Gasteiger partial charge in [-0.25, -0.2) is 0 Å². The molecule has 0 spiro atoms. The molecule has 0 heterocycles. The maximum atomic E-state index is 9.98.